The first-order chi connectivity index (χ1) is 16.7. The van der Waals surface area contributed by atoms with Gasteiger partial charge in [0, 0.05) is 12.3 Å². The second-order valence-electron chi connectivity index (χ2n) is 7.68. The third-order valence-corrected chi connectivity index (χ3v) is 7.76. The summed E-state index contributed by atoms with van der Waals surface area (Å²) in [6, 6.07) is 0.928. The van der Waals surface area contributed by atoms with E-state index in [1.807, 2.05) is 4.98 Å². The highest BCUT2D eigenvalue weighted by Crippen LogP contribution is 2.61. The van der Waals surface area contributed by atoms with Gasteiger partial charge in [-0.1, -0.05) is 0 Å². The first-order valence-electron chi connectivity index (χ1n) is 9.99. The lowest BCUT2D eigenvalue weighted by Gasteiger charge is -2.39. The Hall–Kier alpha value is -1.38. The molecule has 0 bridgehead atoms. The first kappa shape index (κ1) is 29.2. The van der Waals surface area contributed by atoms with E-state index in [4.69, 9.17) is 14.6 Å². The first-order valence-corrected chi connectivity index (χ1v) is 13.0. The summed E-state index contributed by atoms with van der Waals surface area (Å²) in [5, 5.41) is 58.6. The third-order valence-electron chi connectivity index (χ3n) is 5.16. The average Bonchev–Trinajstić information content (AvgIpc) is 3.06. The molecule has 0 amide bonds. The lowest BCUT2D eigenvalue weighted by molar-refractivity contribution is -0.280. The summed E-state index contributed by atoms with van der Waals surface area (Å²) in [7, 11) is -11.1. The number of hydrogen-bond acceptors (Lipinski definition) is 15. The van der Waals surface area contributed by atoms with Crippen molar-refractivity contribution >= 4 is 15.6 Å². The SMILES string of the molecule is O=c1ccn([C@H]2O[C@@H](COP(=O)(O)OP(=O)(O)O[C@@H]3O[C@@H](CO)[C@H](O)[C@@H](O)[C@@H]3O)[C@H](O)[C@@H]2O)c(=O)[nH]1. The number of rotatable bonds is 9. The Bertz CT molecular complexity index is 1120. The van der Waals surface area contributed by atoms with Crippen molar-refractivity contribution in [2.75, 3.05) is 13.2 Å². The third kappa shape index (κ3) is 6.54. The molecule has 0 saturated carbocycles. The van der Waals surface area contributed by atoms with E-state index in [9.17, 15) is 54.0 Å². The zero-order valence-electron chi connectivity index (χ0n) is 17.9. The van der Waals surface area contributed by atoms with Crippen molar-refractivity contribution in [3.63, 3.8) is 0 Å². The number of hydrogen-bond donors (Lipinski definition) is 9. The van der Waals surface area contributed by atoms with Crippen LogP contribution >= 0.6 is 15.6 Å². The van der Waals surface area contributed by atoms with Crippen LogP contribution in [0.1, 0.15) is 6.23 Å². The van der Waals surface area contributed by atoms with Crippen LogP contribution in [0, 0.1) is 0 Å². The number of aromatic nitrogens is 2. The van der Waals surface area contributed by atoms with Crippen LogP contribution in [-0.2, 0) is 32.0 Å². The number of aliphatic hydroxyl groups excluding tert-OH is 6. The molecule has 0 aliphatic carbocycles. The Kier molecular flexibility index (Phi) is 9.05. The summed E-state index contributed by atoms with van der Waals surface area (Å²) in [6.07, 6.45) is -15.4. The fourth-order valence-corrected chi connectivity index (χ4v) is 5.51. The normalized spacial score (nSPS) is 38.4. The van der Waals surface area contributed by atoms with E-state index in [0.29, 0.717) is 0 Å². The molecule has 206 valence electrons. The number of H-pyrrole nitrogens is 1. The maximum atomic E-state index is 12.2. The molecule has 1 aromatic rings. The second kappa shape index (κ2) is 11.2. The second-order valence-corrected chi connectivity index (χ2v) is 10.7. The predicted octanol–water partition coefficient (Wildman–Crippen LogP) is -4.79. The van der Waals surface area contributed by atoms with Gasteiger partial charge in [0.05, 0.1) is 13.2 Å². The number of phosphoric ester groups is 2. The Morgan fingerprint density at radius 3 is 2.17 bits per heavy atom. The van der Waals surface area contributed by atoms with Crippen molar-refractivity contribution in [3.8, 4) is 0 Å². The number of aliphatic hydroxyl groups is 6. The van der Waals surface area contributed by atoms with Crippen LogP contribution in [0.25, 0.3) is 0 Å². The van der Waals surface area contributed by atoms with Gasteiger partial charge in [0.1, 0.15) is 42.7 Å². The monoisotopic (exact) mass is 566 g/mol. The minimum absolute atomic E-state index is 0.723. The summed E-state index contributed by atoms with van der Waals surface area (Å²) in [6.45, 7) is -1.93. The van der Waals surface area contributed by atoms with E-state index in [0.717, 1.165) is 16.8 Å². The van der Waals surface area contributed by atoms with Crippen molar-refractivity contribution in [1.82, 2.24) is 9.55 Å². The summed E-state index contributed by atoms with van der Waals surface area (Å²) in [5.74, 6) is 0. The molecule has 2 fully saturated rings. The molecule has 2 unspecified atom stereocenters. The zero-order chi connectivity index (χ0) is 27.0. The molecular formula is C15H24N2O17P2. The van der Waals surface area contributed by atoms with Gasteiger partial charge in [-0.2, -0.15) is 4.31 Å². The maximum Gasteiger partial charge on any atom is 0.483 e. The van der Waals surface area contributed by atoms with Crippen LogP contribution in [-0.4, -0.2) is 112 Å². The molecule has 36 heavy (non-hydrogen) atoms. The molecule has 1 aromatic heterocycles. The van der Waals surface area contributed by atoms with Gasteiger partial charge < -0.3 is 49.9 Å². The molecule has 2 aliphatic heterocycles. The lowest BCUT2D eigenvalue weighted by Crippen LogP contribution is -2.58. The Labute approximate surface area is 199 Å². The van der Waals surface area contributed by atoms with Crippen molar-refractivity contribution < 1.29 is 72.4 Å². The van der Waals surface area contributed by atoms with Crippen molar-refractivity contribution in [2.45, 2.75) is 55.2 Å². The van der Waals surface area contributed by atoms with Gasteiger partial charge in [-0.05, 0) is 0 Å². The van der Waals surface area contributed by atoms with E-state index in [-0.39, 0.29) is 0 Å². The smallest absolute Gasteiger partial charge is 0.394 e. The van der Waals surface area contributed by atoms with E-state index in [2.05, 4.69) is 13.4 Å². The summed E-state index contributed by atoms with van der Waals surface area (Å²) in [4.78, 5) is 44.5. The number of aromatic amines is 1. The fourth-order valence-electron chi connectivity index (χ4n) is 3.35. The molecule has 0 spiro atoms. The maximum absolute atomic E-state index is 12.2. The van der Waals surface area contributed by atoms with Gasteiger partial charge >= 0.3 is 21.3 Å². The Balaban J connectivity index is 1.61. The standard InChI is InChI=1S/C15H24N2O17P2/c18-3-5-8(20)10(22)12(24)14(32-5)33-36(28,29)34-35(26,27)30-4-6-9(21)11(23)13(31-6)17-2-1-7(19)16-15(17)25/h1-2,5-6,8-14,18,20-24H,3-4H2,(H,26,27)(H,28,29)(H,16,19,25)/t5-,6-,8-,9-,10+,11-,12-,13-,14-/m0/s1. The van der Waals surface area contributed by atoms with Crippen molar-refractivity contribution in [2.24, 2.45) is 0 Å². The summed E-state index contributed by atoms with van der Waals surface area (Å²) in [5.41, 5.74) is -1.75. The molecule has 0 aromatic carbocycles. The van der Waals surface area contributed by atoms with Gasteiger partial charge in [-0.15, -0.1) is 0 Å². The highest BCUT2D eigenvalue weighted by molar-refractivity contribution is 7.61. The molecule has 19 nitrogen and oxygen atoms in total. The summed E-state index contributed by atoms with van der Waals surface area (Å²) < 4.78 is 48.1. The van der Waals surface area contributed by atoms with Crippen LogP contribution in [0.4, 0.5) is 0 Å². The van der Waals surface area contributed by atoms with Crippen molar-refractivity contribution in [1.29, 1.82) is 0 Å². The van der Waals surface area contributed by atoms with Crippen LogP contribution in [0.2, 0.25) is 0 Å². The topological polar surface area (TPSA) is 297 Å². The van der Waals surface area contributed by atoms with Crippen LogP contribution in [0.5, 0.6) is 0 Å². The van der Waals surface area contributed by atoms with E-state index in [1.165, 1.54) is 0 Å². The Morgan fingerprint density at radius 2 is 1.56 bits per heavy atom. The highest BCUT2D eigenvalue weighted by Gasteiger charge is 2.49. The number of phosphoric acid groups is 2. The predicted molar refractivity (Wildman–Crippen MR) is 109 cm³/mol. The molecule has 3 heterocycles. The molecule has 2 saturated heterocycles. The molecule has 21 heteroatoms. The van der Waals surface area contributed by atoms with Crippen LogP contribution < -0.4 is 11.2 Å². The molecule has 0 radical (unpaired) electrons. The molecule has 9 N–H and O–H groups in total. The molecular weight excluding hydrogens is 542 g/mol. The number of nitrogens with one attached hydrogen (secondary N) is 1. The molecule has 11 atom stereocenters. The van der Waals surface area contributed by atoms with Crippen LogP contribution in [0.3, 0.4) is 0 Å². The van der Waals surface area contributed by atoms with Crippen LogP contribution in [0.15, 0.2) is 21.9 Å². The fraction of sp³-hybridized carbons (Fsp3) is 0.733. The van der Waals surface area contributed by atoms with Gasteiger partial charge in [0.2, 0.25) is 0 Å². The quantitative estimate of drug-likeness (QED) is 0.127. The minimum atomic E-state index is -5.59. The zero-order valence-corrected chi connectivity index (χ0v) is 19.6. The van der Waals surface area contributed by atoms with E-state index < -0.39 is 95.4 Å². The van der Waals surface area contributed by atoms with Crippen molar-refractivity contribution in [3.05, 3.63) is 33.1 Å². The Morgan fingerprint density at radius 1 is 0.917 bits per heavy atom. The van der Waals surface area contributed by atoms with Gasteiger partial charge in [0.25, 0.3) is 5.56 Å². The van der Waals surface area contributed by atoms with Gasteiger partial charge in [0.15, 0.2) is 12.5 Å². The lowest BCUT2D eigenvalue weighted by atomic mass is 10.00. The van der Waals surface area contributed by atoms with Gasteiger partial charge in [-0.3, -0.25) is 23.4 Å². The minimum Gasteiger partial charge on any atom is -0.394 e. The molecule has 2 aliphatic rings. The van der Waals surface area contributed by atoms with Gasteiger partial charge in [-0.25, -0.2) is 13.9 Å². The number of ether oxygens (including phenoxy) is 2. The highest BCUT2D eigenvalue weighted by atomic mass is 31.3. The van der Waals surface area contributed by atoms with E-state index in [1.54, 1.807) is 0 Å². The molecule has 3 rings (SSSR count). The average molecular weight is 566 g/mol. The summed E-state index contributed by atoms with van der Waals surface area (Å²) >= 11 is 0. The largest absolute Gasteiger partial charge is 0.483 e. The number of nitrogens with zero attached hydrogens (tertiary/aromatic N) is 1. The van der Waals surface area contributed by atoms with E-state index >= 15 is 0 Å².